The van der Waals surface area contributed by atoms with Crippen LogP contribution in [0.3, 0.4) is 0 Å². The highest BCUT2D eigenvalue weighted by Gasteiger charge is 2.23. The summed E-state index contributed by atoms with van der Waals surface area (Å²) in [6, 6.07) is 18.3. The Morgan fingerprint density at radius 1 is 1.10 bits per heavy atom. The van der Waals surface area contributed by atoms with E-state index < -0.39 is 6.04 Å². The number of nitrogens with zero attached hydrogens (tertiary/aromatic N) is 1. The number of carbonyl (C=O) groups is 2. The molecule has 3 N–H and O–H groups in total. The monoisotopic (exact) mass is 436 g/mol. The van der Waals surface area contributed by atoms with Crippen molar-refractivity contribution in [1.29, 1.82) is 0 Å². The van der Waals surface area contributed by atoms with Gasteiger partial charge in [0.1, 0.15) is 6.04 Å². The zero-order valence-electron chi connectivity index (χ0n) is 16.2. The first-order valence-electron chi connectivity index (χ1n) is 9.40. The fourth-order valence-electron chi connectivity index (χ4n) is 3.00. The molecule has 3 aromatic heterocycles. The zero-order chi connectivity index (χ0) is 20.9. The highest BCUT2D eigenvalue weighted by Crippen LogP contribution is 2.27. The third-order valence-corrected chi connectivity index (χ3v) is 6.39. The number of benzene rings is 1. The van der Waals surface area contributed by atoms with E-state index in [9.17, 15) is 9.59 Å². The Kier molecular flexibility index (Phi) is 6.06. The first-order chi connectivity index (χ1) is 14.6. The van der Waals surface area contributed by atoms with Gasteiger partial charge in [0.05, 0.1) is 15.4 Å². The van der Waals surface area contributed by atoms with Gasteiger partial charge in [-0.2, -0.15) is 5.10 Å². The van der Waals surface area contributed by atoms with Crippen LogP contribution in [0.2, 0.25) is 0 Å². The highest BCUT2D eigenvalue weighted by atomic mass is 32.1. The summed E-state index contributed by atoms with van der Waals surface area (Å²) in [6.45, 7) is 2.04. The number of thiophene rings is 2. The van der Waals surface area contributed by atoms with Gasteiger partial charge in [-0.3, -0.25) is 14.7 Å². The lowest BCUT2D eigenvalue weighted by Gasteiger charge is -2.17. The van der Waals surface area contributed by atoms with Crippen LogP contribution in [-0.2, 0) is 11.2 Å². The van der Waals surface area contributed by atoms with Crippen molar-refractivity contribution in [2.24, 2.45) is 0 Å². The molecule has 6 nitrogen and oxygen atoms in total. The van der Waals surface area contributed by atoms with Gasteiger partial charge in [0, 0.05) is 17.4 Å². The average Bonchev–Trinajstić information content (AvgIpc) is 3.50. The Labute approximate surface area is 182 Å². The second kappa shape index (κ2) is 9.06. The van der Waals surface area contributed by atoms with Gasteiger partial charge in [-0.15, -0.1) is 22.7 Å². The van der Waals surface area contributed by atoms with Gasteiger partial charge in [0.2, 0.25) is 5.91 Å². The van der Waals surface area contributed by atoms with Crippen molar-refractivity contribution < 1.29 is 9.59 Å². The smallest absolute Gasteiger partial charge is 0.262 e. The molecule has 0 radical (unpaired) electrons. The maximum atomic E-state index is 13.0. The molecular weight excluding hydrogens is 416 g/mol. The van der Waals surface area contributed by atoms with Gasteiger partial charge >= 0.3 is 0 Å². The fraction of sp³-hybridized carbons (Fsp3) is 0.136. The molecular formula is C22H20N4O2S2. The maximum Gasteiger partial charge on any atom is 0.262 e. The van der Waals surface area contributed by atoms with Gasteiger partial charge in [0.15, 0.2) is 5.82 Å². The van der Waals surface area contributed by atoms with Crippen LogP contribution in [0, 0.1) is 6.92 Å². The second-order valence-electron chi connectivity index (χ2n) is 6.76. The zero-order valence-corrected chi connectivity index (χ0v) is 17.8. The maximum absolute atomic E-state index is 13.0. The first-order valence-corrected chi connectivity index (χ1v) is 11.1. The molecule has 30 heavy (non-hydrogen) atoms. The van der Waals surface area contributed by atoms with Crippen molar-refractivity contribution in [3.8, 4) is 10.6 Å². The number of amides is 2. The van der Waals surface area contributed by atoms with Crippen LogP contribution in [0.15, 0.2) is 66.0 Å². The molecule has 0 aliphatic heterocycles. The van der Waals surface area contributed by atoms with Crippen LogP contribution in [0.1, 0.15) is 20.1 Å². The third kappa shape index (κ3) is 4.84. The summed E-state index contributed by atoms with van der Waals surface area (Å²) < 4.78 is 0. The van der Waals surface area contributed by atoms with E-state index in [2.05, 4.69) is 20.8 Å². The number of hydrogen-bond acceptors (Lipinski definition) is 5. The van der Waals surface area contributed by atoms with Crippen LogP contribution >= 0.6 is 22.7 Å². The van der Waals surface area contributed by atoms with E-state index in [1.54, 1.807) is 23.5 Å². The molecule has 4 rings (SSSR count). The Bertz CT molecular complexity index is 1130. The molecule has 1 atom stereocenters. The molecule has 152 valence electrons. The normalized spacial score (nSPS) is 11.8. The third-order valence-electron chi connectivity index (χ3n) is 4.48. The highest BCUT2D eigenvalue weighted by molar-refractivity contribution is 7.15. The minimum absolute atomic E-state index is 0.266. The number of aromatic nitrogens is 2. The van der Waals surface area contributed by atoms with Gasteiger partial charge in [0.25, 0.3) is 5.91 Å². The molecule has 8 heteroatoms. The summed E-state index contributed by atoms with van der Waals surface area (Å²) in [4.78, 5) is 28.4. The Hall–Kier alpha value is -3.23. The first kappa shape index (κ1) is 20.1. The predicted molar refractivity (Wildman–Crippen MR) is 121 cm³/mol. The van der Waals surface area contributed by atoms with E-state index in [1.807, 2.05) is 60.8 Å². The minimum Gasteiger partial charge on any atom is -0.339 e. The summed E-state index contributed by atoms with van der Waals surface area (Å²) in [6.07, 6.45) is 0.380. The lowest BCUT2D eigenvalue weighted by Crippen LogP contribution is -2.45. The van der Waals surface area contributed by atoms with E-state index in [1.165, 1.54) is 16.2 Å². The quantitative estimate of drug-likeness (QED) is 0.399. The summed E-state index contributed by atoms with van der Waals surface area (Å²) in [7, 11) is 0. The molecule has 0 saturated carbocycles. The van der Waals surface area contributed by atoms with Crippen LogP contribution < -0.4 is 10.6 Å². The molecule has 0 fully saturated rings. The van der Waals surface area contributed by atoms with Crippen molar-refractivity contribution >= 4 is 40.3 Å². The molecule has 0 spiro atoms. The van der Waals surface area contributed by atoms with Crippen molar-refractivity contribution in [2.75, 3.05) is 5.32 Å². The van der Waals surface area contributed by atoms with Gasteiger partial charge in [-0.1, -0.05) is 36.4 Å². The molecule has 0 aliphatic rings. The van der Waals surface area contributed by atoms with E-state index in [0.29, 0.717) is 17.1 Å². The molecule has 0 aliphatic carbocycles. The molecule has 0 bridgehead atoms. The van der Waals surface area contributed by atoms with Gasteiger partial charge in [-0.25, -0.2) is 0 Å². The average molecular weight is 437 g/mol. The minimum atomic E-state index is -0.730. The number of rotatable bonds is 7. The Morgan fingerprint density at radius 2 is 1.93 bits per heavy atom. The number of aromatic amines is 1. The summed E-state index contributed by atoms with van der Waals surface area (Å²) >= 11 is 2.99. The Balaban J connectivity index is 1.50. The number of aryl methyl sites for hydroxylation is 1. The SMILES string of the molecule is Cc1ccc(-c2cc(NC(=O)C(Cc3ccccc3)NC(=O)c3cccs3)n[nH]2)s1. The van der Waals surface area contributed by atoms with E-state index in [-0.39, 0.29) is 11.8 Å². The molecule has 3 heterocycles. The second-order valence-corrected chi connectivity index (χ2v) is 9.00. The summed E-state index contributed by atoms with van der Waals surface area (Å²) in [5, 5.41) is 14.7. The van der Waals surface area contributed by atoms with Crippen LogP contribution in [0.4, 0.5) is 5.82 Å². The van der Waals surface area contributed by atoms with E-state index in [0.717, 1.165) is 16.1 Å². The lowest BCUT2D eigenvalue weighted by molar-refractivity contribution is -0.118. The summed E-state index contributed by atoms with van der Waals surface area (Å²) in [5.41, 5.74) is 1.80. The molecule has 2 amide bonds. The van der Waals surface area contributed by atoms with Crippen molar-refractivity contribution in [3.05, 3.63) is 81.4 Å². The molecule has 1 unspecified atom stereocenters. The Morgan fingerprint density at radius 3 is 2.63 bits per heavy atom. The largest absolute Gasteiger partial charge is 0.339 e. The number of nitrogens with one attached hydrogen (secondary N) is 3. The van der Waals surface area contributed by atoms with E-state index >= 15 is 0 Å². The molecule has 0 saturated heterocycles. The predicted octanol–water partition coefficient (Wildman–Crippen LogP) is 4.49. The van der Waals surface area contributed by atoms with Crippen LogP contribution in [0.25, 0.3) is 10.6 Å². The molecule has 4 aromatic rings. The van der Waals surface area contributed by atoms with Crippen molar-refractivity contribution in [3.63, 3.8) is 0 Å². The topological polar surface area (TPSA) is 86.9 Å². The van der Waals surface area contributed by atoms with Crippen molar-refractivity contribution in [1.82, 2.24) is 15.5 Å². The number of carbonyl (C=O) groups excluding carboxylic acids is 2. The molecule has 1 aromatic carbocycles. The van der Waals surface area contributed by atoms with Crippen LogP contribution in [-0.4, -0.2) is 28.1 Å². The van der Waals surface area contributed by atoms with Gasteiger partial charge in [-0.05, 0) is 36.1 Å². The summed E-state index contributed by atoms with van der Waals surface area (Å²) in [5.74, 6) is -0.161. The lowest BCUT2D eigenvalue weighted by atomic mass is 10.1. The van der Waals surface area contributed by atoms with E-state index in [4.69, 9.17) is 0 Å². The standard InChI is InChI=1S/C22H20N4O2S2/c1-14-9-10-18(30-14)16-13-20(26-25-16)24-21(27)17(12-15-6-3-2-4-7-15)23-22(28)19-8-5-11-29-19/h2-11,13,17H,12H2,1H3,(H,23,28)(H2,24,25,26,27). The van der Waals surface area contributed by atoms with Crippen molar-refractivity contribution in [2.45, 2.75) is 19.4 Å². The van der Waals surface area contributed by atoms with Gasteiger partial charge < -0.3 is 10.6 Å². The number of anilines is 1. The van der Waals surface area contributed by atoms with Crippen LogP contribution in [0.5, 0.6) is 0 Å². The number of hydrogen-bond donors (Lipinski definition) is 3. The fourth-order valence-corrected chi connectivity index (χ4v) is 4.46. The number of H-pyrrole nitrogens is 1.